The lowest BCUT2D eigenvalue weighted by molar-refractivity contribution is -0.137. The van der Waals surface area contributed by atoms with Gasteiger partial charge in [0.15, 0.2) is 0 Å². The number of amides is 1. The molecule has 0 aliphatic heterocycles. The van der Waals surface area contributed by atoms with E-state index in [1.54, 1.807) is 0 Å². The summed E-state index contributed by atoms with van der Waals surface area (Å²) in [5.41, 5.74) is 5.58. The van der Waals surface area contributed by atoms with E-state index < -0.39 is 0 Å². The molecule has 0 aliphatic rings. The van der Waals surface area contributed by atoms with Crippen LogP contribution in [-0.2, 0) is 4.79 Å². The second-order valence-electron chi connectivity index (χ2n) is 5.82. The molecule has 1 amide bonds. The zero-order valence-corrected chi connectivity index (χ0v) is 11.7. The number of hydrogen-bond acceptors (Lipinski definition) is 2. The van der Waals surface area contributed by atoms with E-state index >= 15 is 0 Å². The fourth-order valence-electron chi connectivity index (χ4n) is 1.67. The minimum Gasteiger partial charge on any atom is -0.342 e. The molecule has 0 aromatic rings. The molecule has 0 radical (unpaired) electrons. The van der Waals surface area contributed by atoms with Crippen LogP contribution in [0.2, 0.25) is 0 Å². The third kappa shape index (κ3) is 4.52. The molecule has 0 aromatic carbocycles. The van der Waals surface area contributed by atoms with Crippen LogP contribution in [0.5, 0.6) is 0 Å². The lowest BCUT2D eigenvalue weighted by atomic mass is 9.86. The predicted molar refractivity (Wildman–Crippen MR) is 69.1 cm³/mol. The van der Waals surface area contributed by atoms with Crippen molar-refractivity contribution >= 4 is 5.91 Å². The predicted octanol–water partition coefficient (Wildman–Crippen LogP) is 2.25. The Morgan fingerprint density at radius 2 is 1.81 bits per heavy atom. The van der Waals surface area contributed by atoms with Crippen LogP contribution in [0, 0.1) is 11.3 Å². The van der Waals surface area contributed by atoms with Crippen molar-refractivity contribution in [2.75, 3.05) is 13.6 Å². The highest BCUT2D eigenvalue weighted by molar-refractivity contribution is 5.78. The summed E-state index contributed by atoms with van der Waals surface area (Å²) in [6, 6.07) is 0.250. The number of nitrogens with zero attached hydrogens (tertiary/aromatic N) is 1. The number of rotatable bonds is 5. The fraction of sp³-hybridized carbons (Fsp3) is 0.923. The van der Waals surface area contributed by atoms with Crippen molar-refractivity contribution in [1.82, 2.24) is 4.90 Å². The molecule has 0 saturated heterocycles. The molecule has 0 bridgehead atoms. The Balaban J connectivity index is 4.37. The third-order valence-corrected chi connectivity index (χ3v) is 3.44. The lowest BCUT2D eigenvalue weighted by Gasteiger charge is -2.36. The van der Waals surface area contributed by atoms with E-state index in [2.05, 4.69) is 27.7 Å². The second-order valence-corrected chi connectivity index (χ2v) is 5.82. The Kier molecular flexibility index (Phi) is 6.01. The van der Waals surface area contributed by atoms with Gasteiger partial charge in [-0.1, -0.05) is 27.7 Å². The molecule has 3 nitrogen and oxygen atoms in total. The fourth-order valence-corrected chi connectivity index (χ4v) is 1.67. The van der Waals surface area contributed by atoms with Gasteiger partial charge in [-0.15, -0.1) is 0 Å². The van der Waals surface area contributed by atoms with Crippen LogP contribution in [0.1, 0.15) is 47.5 Å². The molecule has 2 unspecified atom stereocenters. The summed E-state index contributed by atoms with van der Waals surface area (Å²) in [6.45, 7) is 11.2. The number of hydrogen-bond donors (Lipinski definition) is 1. The van der Waals surface area contributed by atoms with Gasteiger partial charge in [0.25, 0.3) is 0 Å². The van der Waals surface area contributed by atoms with Crippen LogP contribution in [-0.4, -0.2) is 30.4 Å². The van der Waals surface area contributed by atoms with Gasteiger partial charge in [0, 0.05) is 19.0 Å². The normalized spacial score (nSPS) is 15.7. The average molecular weight is 228 g/mol. The van der Waals surface area contributed by atoms with Gasteiger partial charge < -0.3 is 10.6 Å². The zero-order valence-electron chi connectivity index (χ0n) is 11.7. The molecular weight excluding hydrogens is 200 g/mol. The van der Waals surface area contributed by atoms with Gasteiger partial charge in [0.1, 0.15) is 0 Å². The molecule has 96 valence electrons. The number of carbonyl (C=O) groups excluding carboxylic acids is 1. The van der Waals surface area contributed by atoms with Crippen molar-refractivity contribution in [2.45, 2.75) is 53.5 Å². The Morgan fingerprint density at radius 1 is 1.31 bits per heavy atom. The molecule has 2 N–H and O–H groups in total. The Bertz CT molecular complexity index is 220. The molecule has 0 fully saturated rings. The van der Waals surface area contributed by atoms with Crippen molar-refractivity contribution in [3.63, 3.8) is 0 Å². The smallest absolute Gasteiger partial charge is 0.225 e. The van der Waals surface area contributed by atoms with Gasteiger partial charge in [0.05, 0.1) is 0 Å². The van der Waals surface area contributed by atoms with E-state index in [9.17, 15) is 4.79 Å². The van der Waals surface area contributed by atoms with Gasteiger partial charge in [0.2, 0.25) is 5.91 Å². The van der Waals surface area contributed by atoms with Crippen molar-refractivity contribution < 1.29 is 4.79 Å². The lowest BCUT2D eigenvalue weighted by Crippen LogP contribution is -2.45. The molecule has 0 aromatic heterocycles. The van der Waals surface area contributed by atoms with Crippen molar-refractivity contribution in [2.24, 2.45) is 17.1 Å². The molecule has 3 heteroatoms. The topological polar surface area (TPSA) is 46.3 Å². The highest BCUT2D eigenvalue weighted by atomic mass is 16.2. The van der Waals surface area contributed by atoms with Crippen molar-refractivity contribution in [1.29, 1.82) is 0 Å². The summed E-state index contributed by atoms with van der Waals surface area (Å²) in [5, 5.41) is 0. The first-order valence-corrected chi connectivity index (χ1v) is 6.18. The molecular formula is C13H28N2O. The van der Waals surface area contributed by atoms with Crippen LogP contribution < -0.4 is 5.73 Å². The monoisotopic (exact) mass is 228 g/mol. The zero-order chi connectivity index (χ0) is 12.9. The molecule has 2 atom stereocenters. The SMILES string of the molecule is CC(CCCN)C(=O)N(C)C(C)C(C)(C)C. The quantitative estimate of drug-likeness (QED) is 0.784. The Labute approximate surface area is 100 Å². The summed E-state index contributed by atoms with van der Waals surface area (Å²) >= 11 is 0. The van der Waals surface area contributed by atoms with Crippen LogP contribution in [0.15, 0.2) is 0 Å². The summed E-state index contributed by atoms with van der Waals surface area (Å²) in [5.74, 6) is 0.314. The van der Waals surface area contributed by atoms with Gasteiger partial charge in [-0.25, -0.2) is 0 Å². The molecule has 16 heavy (non-hydrogen) atoms. The largest absolute Gasteiger partial charge is 0.342 e. The number of carbonyl (C=O) groups is 1. The van der Waals surface area contributed by atoms with Gasteiger partial charge >= 0.3 is 0 Å². The van der Waals surface area contributed by atoms with Crippen LogP contribution in [0.25, 0.3) is 0 Å². The van der Waals surface area contributed by atoms with Crippen LogP contribution >= 0.6 is 0 Å². The maximum Gasteiger partial charge on any atom is 0.225 e. The minimum atomic E-state index is 0.0818. The van der Waals surface area contributed by atoms with E-state index in [1.165, 1.54) is 0 Å². The van der Waals surface area contributed by atoms with E-state index in [-0.39, 0.29) is 23.3 Å². The summed E-state index contributed by atoms with van der Waals surface area (Å²) in [7, 11) is 1.90. The Hall–Kier alpha value is -0.570. The van der Waals surface area contributed by atoms with Crippen molar-refractivity contribution in [3.8, 4) is 0 Å². The highest BCUT2D eigenvalue weighted by Gasteiger charge is 2.28. The standard InChI is InChI=1S/C13H28N2O/c1-10(8-7-9-14)12(16)15(6)11(2)13(3,4)5/h10-11H,7-9,14H2,1-6H3. The third-order valence-electron chi connectivity index (χ3n) is 3.44. The molecule has 0 spiro atoms. The number of nitrogens with two attached hydrogens (primary N) is 1. The van der Waals surface area contributed by atoms with E-state index in [0.29, 0.717) is 6.54 Å². The van der Waals surface area contributed by atoms with E-state index in [1.807, 2.05) is 18.9 Å². The average Bonchev–Trinajstić information content (AvgIpc) is 2.21. The minimum absolute atomic E-state index is 0.0818. The molecule has 0 aliphatic carbocycles. The first kappa shape index (κ1) is 15.4. The summed E-state index contributed by atoms with van der Waals surface area (Å²) in [4.78, 5) is 14.0. The van der Waals surface area contributed by atoms with Crippen LogP contribution in [0.4, 0.5) is 0 Å². The molecule has 0 heterocycles. The van der Waals surface area contributed by atoms with Gasteiger partial charge in [-0.2, -0.15) is 0 Å². The maximum absolute atomic E-state index is 12.1. The summed E-state index contributed by atoms with van der Waals surface area (Å²) in [6.07, 6.45) is 1.81. The highest BCUT2D eigenvalue weighted by Crippen LogP contribution is 2.24. The first-order valence-electron chi connectivity index (χ1n) is 6.18. The maximum atomic E-state index is 12.1. The van der Waals surface area contributed by atoms with Gasteiger partial charge in [-0.05, 0) is 31.7 Å². The Morgan fingerprint density at radius 3 is 2.19 bits per heavy atom. The van der Waals surface area contributed by atoms with E-state index in [0.717, 1.165) is 12.8 Å². The van der Waals surface area contributed by atoms with Gasteiger partial charge in [-0.3, -0.25) is 4.79 Å². The molecule has 0 saturated carbocycles. The summed E-state index contributed by atoms with van der Waals surface area (Å²) < 4.78 is 0. The van der Waals surface area contributed by atoms with Crippen molar-refractivity contribution in [3.05, 3.63) is 0 Å². The second kappa shape index (κ2) is 6.24. The molecule has 0 rings (SSSR count). The van der Waals surface area contributed by atoms with Crippen LogP contribution in [0.3, 0.4) is 0 Å². The first-order chi connectivity index (χ1) is 7.21. The van der Waals surface area contributed by atoms with E-state index in [4.69, 9.17) is 5.73 Å².